The molecule has 5 heterocycles. The largest absolute Gasteiger partial charge is 0.394 e. The first-order valence-corrected chi connectivity index (χ1v) is 32.3. The predicted molar refractivity (Wildman–Crippen MR) is 303 cm³/mol. The summed E-state index contributed by atoms with van der Waals surface area (Å²) in [5.74, 6) is 1.42. The van der Waals surface area contributed by atoms with Gasteiger partial charge in [-0.2, -0.15) is 11.8 Å². The van der Waals surface area contributed by atoms with Crippen LogP contribution in [0.4, 0.5) is 0 Å². The van der Waals surface area contributed by atoms with E-state index in [0.717, 1.165) is 0 Å². The van der Waals surface area contributed by atoms with Crippen LogP contribution < -0.4 is 10.6 Å². The number of nitrogens with one attached hydrogen (secondary N) is 2. The maximum atomic E-state index is 11.0. The van der Waals surface area contributed by atoms with Crippen molar-refractivity contribution in [3.05, 3.63) is 0 Å². The lowest BCUT2D eigenvalue weighted by Crippen LogP contribution is -2.63. The van der Waals surface area contributed by atoms with Gasteiger partial charge in [-0.3, -0.25) is 0 Å². The molecule has 0 aromatic heterocycles. The van der Waals surface area contributed by atoms with E-state index >= 15 is 0 Å². The third-order valence-corrected chi connectivity index (χ3v) is 19.8. The van der Waals surface area contributed by atoms with E-state index in [-0.39, 0.29) is 51.3 Å². The monoisotopic (exact) mass is 1300 g/mol. The zero-order valence-electron chi connectivity index (χ0n) is 46.3. The first-order valence-electron chi connectivity index (χ1n) is 27.6. The van der Waals surface area contributed by atoms with Crippen molar-refractivity contribution < 1.29 is 134 Å². The normalized spacial score (nSPS) is 40.4. The van der Waals surface area contributed by atoms with Crippen LogP contribution >= 0.6 is 59.3 Å². The number of thioether (sulfide) groups is 4. The Morgan fingerprint density at radius 2 is 0.880 bits per heavy atom. The molecule has 34 heteroatoms. The van der Waals surface area contributed by atoms with Gasteiger partial charge in [0.1, 0.15) is 120 Å². The van der Waals surface area contributed by atoms with Gasteiger partial charge in [-0.25, -0.2) is 0 Å². The molecule has 0 aliphatic carbocycles. The van der Waals surface area contributed by atoms with E-state index in [4.69, 9.17) is 59.6 Å². The SMILES string of the molecule is CO[C@H]1OC(CO)C(O[C@H]2OC(CSCCNC(=S)NCC(COCCCS[C@@H]3OC(CO)[C@@H](O)[C@H](O)C3O)(COCCCS[C@@H]3OC(CO)[C@@H](O)[C@H](O)C3O)COCCCS[C@@H]3OC(CO)[C@@H](O)[C@H](O)C3O)C(C)[C@H](O)C2O)[C@H](O)C1O. The molecule has 29 nitrogen and oxygen atoms in total. The quantitative estimate of drug-likeness (QED) is 0.0207. The van der Waals surface area contributed by atoms with Crippen LogP contribution in [0.15, 0.2) is 0 Å². The Labute approximate surface area is 504 Å². The van der Waals surface area contributed by atoms with Crippen LogP contribution in [0.2, 0.25) is 0 Å². The maximum Gasteiger partial charge on any atom is 0.186 e. The summed E-state index contributed by atoms with van der Waals surface area (Å²) in [5.41, 5.74) is -3.74. The van der Waals surface area contributed by atoms with Crippen LogP contribution in [0.1, 0.15) is 26.2 Å². The smallest absolute Gasteiger partial charge is 0.186 e. The van der Waals surface area contributed by atoms with E-state index in [9.17, 15) is 86.8 Å². The minimum Gasteiger partial charge on any atom is -0.394 e. The summed E-state index contributed by atoms with van der Waals surface area (Å²) < 4.78 is 58.2. The second-order valence-electron chi connectivity index (χ2n) is 21.0. The van der Waals surface area contributed by atoms with E-state index < -0.39 is 183 Å². The van der Waals surface area contributed by atoms with Gasteiger partial charge >= 0.3 is 0 Å². The number of hydrogen-bond acceptors (Lipinski definition) is 32. The van der Waals surface area contributed by atoms with Gasteiger partial charge in [-0.1, -0.05) is 6.92 Å². The number of methoxy groups -OCH3 is 1. The highest BCUT2D eigenvalue weighted by molar-refractivity contribution is 8.00. The summed E-state index contributed by atoms with van der Waals surface area (Å²) in [6.45, 7) is 0.624. The summed E-state index contributed by atoms with van der Waals surface area (Å²) in [5, 5.41) is 182. The fraction of sp³-hybridized carbons (Fsp3) is 0.980. The summed E-state index contributed by atoms with van der Waals surface area (Å²) in [7, 11) is 1.26. The molecule has 5 rings (SSSR count). The first kappa shape index (κ1) is 73.7. The molecule has 5 saturated heterocycles. The van der Waals surface area contributed by atoms with Gasteiger partial charge in [0, 0.05) is 57.4 Å². The van der Waals surface area contributed by atoms with Gasteiger partial charge in [0.2, 0.25) is 0 Å². The lowest BCUT2D eigenvalue weighted by Gasteiger charge is -2.46. The van der Waals surface area contributed by atoms with Crippen LogP contribution in [0.25, 0.3) is 0 Å². The van der Waals surface area contributed by atoms with Crippen LogP contribution in [-0.2, 0) is 47.4 Å². The Bertz CT molecular complexity index is 1690. The van der Waals surface area contributed by atoms with Crippen LogP contribution in [-0.4, -0.2) is 352 Å². The Hall–Kier alpha value is 0.01000. The molecule has 0 bridgehead atoms. The Balaban J connectivity index is 1.19. The molecule has 0 aromatic carbocycles. The molecule has 83 heavy (non-hydrogen) atoms. The molecular formula is C49H90N2O27S5. The second kappa shape index (κ2) is 37.4. The van der Waals surface area contributed by atoms with Crippen molar-refractivity contribution in [2.75, 3.05) is 115 Å². The third kappa shape index (κ3) is 21.0. The van der Waals surface area contributed by atoms with Crippen molar-refractivity contribution in [1.82, 2.24) is 10.6 Å². The third-order valence-electron chi connectivity index (χ3n) is 14.8. The highest BCUT2D eigenvalue weighted by Crippen LogP contribution is 2.35. The van der Waals surface area contributed by atoms with Gasteiger partial charge in [-0.15, -0.1) is 35.3 Å². The molecular weight excluding hydrogens is 1210 g/mol. The summed E-state index contributed by atoms with van der Waals surface area (Å²) in [4.78, 5) is 0. The van der Waals surface area contributed by atoms with Crippen LogP contribution in [0, 0.1) is 11.3 Å². The number of rotatable bonds is 35. The van der Waals surface area contributed by atoms with Gasteiger partial charge in [0.05, 0.1) is 63.9 Å². The van der Waals surface area contributed by atoms with Crippen molar-refractivity contribution in [1.29, 1.82) is 0 Å². The number of aliphatic hydroxyl groups is 17. The van der Waals surface area contributed by atoms with Crippen molar-refractivity contribution in [2.45, 2.75) is 171 Å². The molecule has 5 aliphatic rings. The molecule has 488 valence electrons. The molecule has 0 saturated carbocycles. The number of ether oxygens (including phenoxy) is 10. The maximum absolute atomic E-state index is 11.0. The zero-order chi connectivity index (χ0) is 61.0. The average molecular weight is 1300 g/mol. The Morgan fingerprint density at radius 1 is 0.470 bits per heavy atom. The molecule has 5 fully saturated rings. The highest BCUT2D eigenvalue weighted by atomic mass is 32.2. The fourth-order valence-electron chi connectivity index (χ4n) is 9.55. The topological polar surface area (TPSA) is 460 Å². The van der Waals surface area contributed by atoms with Gasteiger partial charge in [-0.05, 0) is 48.7 Å². The number of aliphatic hydroxyl groups excluding tert-OH is 17. The van der Waals surface area contributed by atoms with Gasteiger partial charge in [0.15, 0.2) is 17.7 Å². The van der Waals surface area contributed by atoms with Crippen LogP contribution in [0.5, 0.6) is 0 Å². The van der Waals surface area contributed by atoms with Gasteiger partial charge in [0.25, 0.3) is 0 Å². The number of hydrogen-bond donors (Lipinski definition) is 19. The summed E-state index contributed by atoms with van der Waals surface area (Å²) in [6.07, 6.45) is -27.0. The van der Waals surface area contributed by atoms with E-state index in [1.54, 1.807) is 6.92 Å². The zero-order valence-corrected chi connectivity index (χ0v) is 50.4. The molecule has 0 radical (unpaired) electrons. The highest BCUT2D eigenvalue weighted by Gasteiger charge is 2.51. The standard InChI is InChI=1S/C49H90N2O27S5/c1-23-28(74-44(37(64)29(23)56)78-42-27(17-55)73-43(69-2)38(65)36(42)63)18-80-13-6-50-48(79)51-19-49(20-70-7-3-10-81-45-39(66)33(60)30(57)24(14-52)75-45,21-71-8-4-11-82-46-40(67)34(61)31(58)25(15-53)76-46)22-72-9-5-12-83-47-41(68)35(62)32(59)26(16-54)77-47/h23-47,52-68H,3-22H2,1-2H3,(H2,50,51,79)/t23?,24?,25?,26?,27?,28?,29-,30+,31+,32+,33-,34-,35-,36+,37?,38?,39?,40?,41?,42?,43-,44+,45-,46-,47-,49?/m0/s1. The summed E-state index contributed by atoms with van der Waals surface area (Å²) in [6, 6.07) is 0. The molecule has 12 unspecified atom stereocenters. The predicted octanol–water partition coefficient (Wildman–Crippen LogP) is -7.46. The lowest BCUT2D eigenvalue weighted by atomic mass is 9.90. The lowest BCUT2D eigenvalue weighted by molar-refractivity contribution is -0.350. The van der Waals surface area contributed by atoms with E-state index in [1.807, 2.05) is 0 Å². The van der Waals surface area contributed by atoms with Crippen molar-refractivity contribution in [3.63, 3.8) is 0 Å². The van der Waals surface area contributed by atoms with E-state index in [2.05, 4.69) is 10.6 Å². The molecule has 25 atom stereocenters. The first-order chi connectivity index (χ1) is 39.7. The Morgan fingerprint density at radius 3 is 1.29 bits per heavy atom. The Kier molecular flexibility index (Phi) is 33.2. The van der Waals surface area contributed by atoms with Crippen molar-refractivity contribution in [3.8, 4) is 0 Å². The number of thiocarbonyl (C=S) groups is 1. The molecule has 0 aromatic rings. The molecule has 5 aliphatic heterocycles. The van der Waals surface area contributed by atoms with Crippen LogP contribution in [0.3, 0.4) is 0 Å². The van der Waals surface area contributed by atoms with E-state index in [0.29, 0.717) is 54.6 Å². The van der Waals surface area contributed by atoms with Crippen molar-refractivity contribution in [2.24, 2.45) is 11.3 Å². The van der Waals surface area contributed by atoms with Crippen molar-refractivity contribution >= 4 is 64.4 Å². The minimum absolute atomic E-state index is 0.0505. The fourth-order valence-corrected chi connectivity index (χ4v) is 14.0. The molecule has 0 amide bonds. The average Bonchev–Trinajstić information content (AvgIpc) is 3.68. The molecule has 19 N–H and O–H groups in total. The summed E-state index contributed by atoms with van der Waals surface area (Å²) >= 11 is 10.7. The second-order valence-corrected chi connectivity index (χ2v) is 26.2. The van der Waals surface area contributed by atoms with E-state index in [1.165, 1.54) is 54.2 Å². The molecule has 0 spiro atoms. The van der Waals surface area contributed by atoms with Gasteiger partial charge < -0.3 is 145 Å². The minimum atomic E-state index is -1.59.